The maximum Gasteiger partial charge on any atom is 0.227 e. The van der Waals surface area contributed by atoms with E-state index in [0.717, 1.165) is 22.0 Å². The van der Waals surface area contributed by atoms with Crippen molar-refractivity contribution in [1.82, 2.24) is 20.1 Å². The summed E-state index contributed by atoms with van der Waals surface area (Å²) in [7, 11) is 0. The summed E-state index contributed by atoms with van der Waals surface area (Å²) in [6.45, 7) is 2.51. The lowest BCUT2D eigenvalue weighted by atomic mass is 9.90. The summed E-state index contributed by atoms with van der Waals surface area (Å²) in [5.41, 5.74) is 3.66. The number of pyridine rings is 1. The molecule has 33 heavy (non-hydrogen) atoms. The highest BCUT2D eigenvalue weighted by Gasteiger charge is 2.39. The Hall–Kier alpha value is -2.71. The Bertz CT molecular complexity index is 1110. The van der Waals surface area contributed by atoms with Crippen LogP contribution in [0.2, 0.25) is 0 Å². The van der Waals surface area contributed by atoms with Gasteiger partial charge in [-0.25, -0.2) is 4.39 Å². The summed E-state index contributed by atoms with van der Waals surface area (Å²) in [6, 6.07) is 6.35. The number of carbonyl (C=O) groups is 1. The van der Waals surface area contributed by atoms with Crippen LogP contribution >= 0.6 is 15.9 Å². The van der Waals surface area contributed by atoms with Gasteiger partial charge in [0.1, 0.15) is 11.6 Å². The van der Waals surface area contributed by atoms with Crippen molar-refractivity contribution in [3.05, 3.63) is 81.5 Å². The number of nitrogens with one attached hydrogen (secondary N) is 1. The average molecular weight is 513 g/mol. The molecule has 2 atom stereocenters. The summed E-state index contributed by atoms with van der Waals surface area (Å²) in [5.74, 6) is -0.313. The zero-order chi connectivity index (χ0) is 22.9. The number of nitrogens with zero attached hydrogens (tertiary/aromatic N) is 3. The summed E-state index contributed by atoms with van der Waals surface area (Å²) >= 11 is 3.55. The fourth-order valence-electron chi connectivity index (χ4n) is 5.18. The van der Waals surface area contributed by atoms with Crippen molar-refractivity contribution in [1.29, 1.82) is 0 Å². The molecule has 8 heteroatoms. The van der Waals surface area contributed by atoms with E-state index in [9.17, 15) is 9.90 Å². The van der Waals surface area contributed by atoms with Gasteiger partial charge in [-0.2, -0.15) is 0 Å². The first-order valence-corrected chi connectivity index (χ1v) is 12.0. The molecule has 1 saturated heterocycles. The molecule has 3 heterocycles. The van der Waals surface area contributed by atoms with Crippen LogP contribution in [0.3, 0.4) is 0 Å². The van der Waals surface area contributed by atoms with E-state index in [-0.39, 0.29) is 29.6 Å². The van der Waals surface area contributed by atoms with Crippen LogP contribution in [0.1, 0.15) is 29.2 Å². The molecule has 1 aliphatic carbocycles. The van der Waals surface area contributed by atoms with Crippen molar-refractivity contribution in [3.63, 3.8) is 0 Å². The number of allylic oxidation sites excluding steroid dienone is 2. The van der Waals surface area contributed by atoms with Gasteiger partial charge in [0.15, 0.2) is 0 Å². The smallest absolute Gasteiger partial charge is 0.227 e. The third-order valence-electron chi connectivity index (χ3n) is 6.78. The molecule has 2 aliphatic heterocycles. The van der Waals surface area contributed by atoms with Crippen LogP contribution < -0.4 is 5.32 Å². The van der Waals surface area contributed by atoms with Crippen LogP contribution in [0.4, 0.5) is 4.39 Å². The number of aromatic nitrogens is 1. The first kappa shape index (κ1) is 22.1. The molecule has 0 saturated carbocycles. The zero-order valence-corrected chi connectivity index (χ0v) is 19.8. The molecule has 0 radical (unpaired) electrons. The zero-order valence-electron chi connectivity index (χ0n) is 18.2. The Morgan fingerprint density at radius 3 is 2.70 bits per heavy atom. The number of phenols is 1. The first-order chi connectivity index (χ1) is 16.0. The normalized spacial score (nSPS) is 22.9. The molecule has 1 aromatic carbocycles. The molecule has 5 rings (SSSR count). The molecule has 2 aromatic rings. The van der Waals surface area contributed by atoms with Gasteiger partial charge in [-0.05, 0) is 69.7 Å². The van der Waals surface area contributed by atoms with Crippen LogP contribution in [0, 0.1) is 5.82 Å². The molecule has 3 aliphatic rings. The molecule has 6 nitrogen and oxygen atoms in total. The van der Waals surface area contributed by atoms with Gasteiger partial charge in [-0.15, -0.1) is 0 Å². The van der Waals surface area contributed by atoms with E-state index < -0.39 is 0 Å². The van der Waals surface area contributed by atoms with Crippen LogP contribution in [0.15, 0.2) is 59.0 Å². The highest BCUT2D eigenvalue weighted by Crippen LogP contribution is 2.41. The van der Waals surface area contributed by atoms with E-state index >= 15 is 4.39 Å². The molecule has 2 N–H and O–H groups in total. The second-order valence-corrected chi connectivity index (χ2v) is 9.70. The number of rotatable bonds is 3. The topological polar surface area (TPSA) is 68.7 Å². The van der Waals surface area contributed by atoms with Gasteiger partial charge in [0.25, 0.3) is 0 Å². The molecular formula is C25H26BrFN4O2. The highest BCUT2D eigenvalue weighted by molar-refractivity contribution is 9.11. The van der Waals surface area contributed by atoms with E-state index in [2.05, 4.69) is 37.2 Å². The van der Waals surface area contributed by atoms with Gasteiger partial charge in [0.2, 0.25) is 5.91 Å². The largest absolute Gasteiger partial charge is 0.508 e. The number of piperazine rings is 1. The predicted octanol–water partition coefficient (Wildman–Crippen LogP) is 3.44. The Morgan fingerprint density at radius 2 is 1.94 bits per heavy atom. The number of fused-ring (bicyclic) bond motifs is 2. The Balaban J connectivity index is 1.38. The molecule has 172 valence electrons. The second-order valence-electron chi connectivity index (χ2n) is 8.79. The number of aromatic hydroxyl groups is 1. The van der Waals surface area contributed by atoms with Crippen LogP contribution in [0.5, 0.6) is 5.75 Å². The van der Waals surface area contributed by atoms with Crippen LogP contribution in [-0.2, 0) is 17.6 Å². The molecule has 1 fully saturated rings. The standard InChI is InChI=1S/C25H26BrFN4O2/c26-19-12-18-2-1-17-13-20(32)14-21(27)23(17)25(24(18)29-15-19)31-9-7-30(8-10-31)22(33)11-16-3-5-28-6-4-16/h3-6,12-15,24-25,29,32H,1-2,7-11H2. The predicted molar refractivity (Wildman–Crippen MR) is 127 cm³/mol. The van der Waals surface area contributed by atoms with Crippen molar-refractivity contribution in [3.8, 4) is 5.75 Å². The third-order valence-corrected chi connectivity index (χ3v) is 7.24. The van der Waals surface area contributed by atoms with Gasteiger partial charge >= 0.3 is 0 Å². The molecule has 1 aromatic heterocycles. The quantitative estimate of drug-likeness (QED) is 0.659. The number of aryl methyl sites for hydroxylation is 1. The average Bonchev–Trinajstić information content (AvgIpc) is 2.96. The van der Waals surface area contributed by atoms with Crippen molar-refractivity contribution >= 4 is 21.8 Å². The number of carbonyl (C=O) groups excluding carboxylic acids is 1. The van der Waals surface area contributed by atoms with E-state index in [1.54, 1.807) is 18.5 Å². The van der Waals surface area contributed by atoms with Crippen LogP contribution in [-0.4, -0.2) is 58.0 Å². The van der Waals surface area contributed by atoms with Crippen molar-refractivity contribution < 1.29 is 14.3 Å². The second kappa shape index (κ2) is 9.27. The van der Waals surface area contributed by atoms with E-state index in [1.807, 2.05) is 23.2 Å². The Labute approximate surface area is 200 Å². The number of hydrogen-bond acceptors (Lipinski definition) is 5. The van der Waals surface area contributed by atoms with Crippen molar-refractivity contribution in [2.75, 3.05) is 26.2 Å². The number of phenolic OH excluding ortho intramolecular Hbond substituents is 1. The van der Waals surface area contributed by atoms with Crippen molar-refractivity contribution in [2.45, 2.75) is 31.3 Å². The van der Waals surface area contributed by atoms with E-state index in [4.69, 9.17) is 0 Å². The van der Waals surface area contributed by atoms with E-state index in [0.29, 0.717) is 44.6 Å². The van der Waals surface area contributed by atoms with Crippen LogP contribution in [0.25, 0.3) is 0 Å². The lowest BCUT2D eigenvalue weighted by Crippen LogP contribution is -2.54. The van der Waals surface area contributed by atoms with Crippen molar-refractivity contribution in [2.24, 2.45) is 0 Å². The summed E-state index contributed by atoms with van der Waals surface area (Å²) < 4.78 is 16.2. The van der Waals surface area contributed by atoms with Gasteiger partial charge < -0.3 is 15.3 Å². The Morgan fingerprint density at radius 1 is 1.18 bits per heavy atom. The number of amides is 1. The summed E-state index contributed by atoms with van der Waals surface area (Å²) in [4.78, 5) is 21.0. The number of benzene rings is 1. The van der Waals surface area contributed by atoms with Gasteiger partial charge in [-0.3, -0.25) is 14.7 Å². The van der Waals surface area contributed by atoms with Gasteiger partial charge in [-0.1, -0.05) is 0 Å². The maximum atomic E-state index is 15.3. The number of halogens is 2. The lowest BCUT2D eigenvalue weighted by Gasteiger charge is -2.43. The third kappa shape index (κ3) is 4.54. The SMILES string of the molecule is O=C(Cc1ccncc1)N1CCN(C2c3c(F)cc(O)cc3CCC3=CC(Br)=CNC32)CC1. The molecule has 2 unspecified atom stereocenters. The minimum absolute atomic E-state index is 0.0392. The van der Waals surface area contributed by atoms with Gasteiger partial charge in [0, 0.05) is 60.9 Å². The fraction of sp³-hybridized carbons (Fsp3) is 0.360. The first-order valence-electron chi connectivity index (χ1n) is 11.2. The highest BCUT2D eigenvalue weighted by atomic mass is 79.9. The minimum Gasteiger partial charge on any atom is -0.508 e. The van der Waals surface area contributed by atoms with Gasteiger partial charge in [0.05, 0.1) is 18.5 Å². The molecule has 1 amide bonds. The lowest BCUT2D eigenvalue weighted by molar-refractivity contribution is -0.132. The molecule has 0 spiro atoms. The molecular weight excluding hydrogens is 487 g/mol. The summed E-state index contributed by atoms with van der Waals surface area (Å²) in [6.07, 6.45) is 9.25. The maximum absolute atomic E-state index is 15.3. The minimum atomic E-state index is -0.372. The molecule has 0 bridgehead atoms. The van der Waals surface area contributed by atoms with E-state index in [1.165, 1.54) is 11.6 Å². The fourth-order valence-corrected chi connectivity index (χ4v) is 5.61. The monoisotopic (exact) mass is 512 g/mol. The number of hydrogen-bond donors (Lipinski definition) is 2. The Kier molecular flexibility index (Phi) is 6.21. The number of dihydropyridines is 1. The summed E-state index contributed by atoms with van der Waals surface area (Å²) in [5, 5.41) is 13.5.